The molecular formula is C22H20ClN3O4S. The maximum absolute atomic E-state index is 12.7. The zero-order valence-corrected chi connectivity index (χ0v) is 18.0. The second-order valence-electron chi connectivity index (χ2n) is 7.14. The van der Waals surface area contributed by atoms with Crippen LogP contribution < -0.4 is 10.6 Å². The largest absolute Gasteiger partial charge is 0.459 e. The van der Waals surface area contributed by atoms with Crippen molar-refractivity contribution in [1.82, 2.24) is 10.2 Å². The second-order valence-corrected chi connectivity index (χ2v) is 8.50. The van der Waals surface area contributed by atoms with Gasteiger partial charge in [0, 0.05) is 24.7 Å². The Hall–Kier alpha value is -3.10. The van der Waals surface area contributed by atoms with Crippen LogP contribution in [-0.2, 0) is 0 Å². The number of nitrogens with zero attached hydrogens (tertiary/aromatic N) is 1. The molecule has 0 saturated carbocycles. The summed E-state index contributed by atoms with van der Waals surface area (Å²) >= 11 is 7.52. The van der Waals surface area contributed by atoms with Crippen molar-refractivity contribution in [3.05, 3.63) is 75.3 Å². The lowest BCUT2D eigenvalue weighted by Crippen LogP contribution is -2.46. The van der Waals surface area contributed by atoms with Crippen molar-refractivity contribution in [2.75, 3.05) is 18.4 Å². The predicted molar refractivity (Wildman–Crippen MR) is 119 cm³/mol. The third-order valence-electron chi connectivity index (χ3n) is 5.07. The number of nitrogens with one attached hydrogen (secondary N) is 2. The molecule has 2 N–H and O–H groups in total. The van der Waals surface area contributed by atoms with Gasteiger partial charge >= 0.3 is 0 Å². The summed E-state index contributed by atoms with van der Waals surface area (Å²) in [5.41, 5.74) is 0.784. The van der Waals surface area contributed by atoms with Crippen molar-refractivity contribution in [2.45, 2.75) is 18.9 Å². The molecule has 4 rings (SSSR count). The Bertz CT molecular complexity index is 1070. The van der Waals surface area contributed by atoms with Gasteiger partial charge in [0.15, 0.2) is 5.76 Å². The summed E-state index contributed by atoms with van der Waals surface area (Å²) in [5.74, 6) is -0.346. The Balaban J connectivity index is 1.35. The number of rotatable bonds is 5. The molecule has 0 radical (unpaired) electrons. The Morgan fingerprint density at radius 2 is 1.87 bits per heavy atom. The number of furan rings is 1. The smallest absolute Gasteiger partial charge is 0.289 e. The summed E-state index contributed by atoms with van der Waals surface area (Å²) in [5, 5.41) is 7.92. The van der Waals surface area contributed by atoms with Crippen molar-refractivity contribution >= 4 is 46.3 Å². The molecule has 160 valence electrons. The number of benzene rings is 1. The molecule has 1 aliphatic heterocycles. The molecule has 3 amide bonds. The van der Waals surface area contributed by atoms with Gasteiger partial charge in [0.1, 0.15) is 0 Å². The number of hydrogen-bond acceptors (Lipinski definition) is 5. The van der Waals surface area contributed by atoms with E-state index < -0.39 is 0 Å². The number of halogens is 1. The van der Waals surface area contributed by atoms with Gasteiger partial charge in [0.05, 0.1) is 21.9 Å². The number of likely N-dealkylation sites (tertiary alicyclic amines) is 1. The first-order valence-electron chi connectivity index (χ1n) is 9.79. The number of anilines is 1. The van der Waals surface area contributed by atoms with E-state index in [0.29, 0.717) is 52.8 Å². The van der Waals surface area contributed by atoms with Crippen molar-refractivity contribution in [1.29, 1.82) is 0 Å². The van der Waals surface area contributed by atoms with Gasteiger partial charge in [0.2, 0.25) is 0 Å². The molecule has 0 unspecified atom stereocenters. The topological polar surface area (TPSA) is 91.7 Å². The van der Waals surface area contributed by atoms with Gasteiger partial charge < -0.3 is 20.0 Å². The van der Waals surface area contributed by atoms with E-state index in [0.717, 1.165) is 0 Å². The van der Waals surface area contributed by atoms with Crippen LogP contribution in [0.4, 0.5) is 5.69 Å². The first kappa shape index (κ1) is 21.1. The third kappa shape index (κ3) is 4.98. The second kappa shape index (κ2) is 9.36. The Kier molecular flexibility index (Phi) is 6.39. The summed E-state index contributed by atoms with van der Waals surface area (Å²) in [7, 11) is 0. The minimum Gasteiger partial charge on any atom is -0.459 e. The minimum absolute atomic E-state index is 0.0482. The maximum atomic E-state index is 12.7. The van der Waals surface area contributed by atoms with Crippen LogP contribution in [0.5, 0.6) is 0 Å². The van der Waals surface area contributed by atoms with Crippen LogP contribution in [0, 0.1) is 0 Å². The standard InChI is InChI=1S/C22H20ClN3O4S/c23-16-6-5-14(13-17(16)25-21(28)19-4-2-12-31-19)20(27)24-15-7-9-26(10-8-15)22(29)18-3-1-11-30-18/h1-6,11-13,15H,7-10H2,(H,24,27)(H,25,28). The molecule has 1 saturated heterocycles. The minimum atomic E-state index is -0.275. The van der Waals surface area contributed by atoms with Crippen molar-refractivity contribution < 1.29 is 18.8 Å². The molecule has 0 bridgehead atoms. The zero-order chi connectivity index (χ0) is 21.8. The number of hydrogen-bond donors (Lipinski definition) is 2. The molecule has 1 aliphatic rings. The molecule has 1 aromatic carbocycles. The molecule has 0 aliphatic carbocycles. The molecule has 2 aromatic heterocycles. The highest BCUT2D eigenvalue weighted by atomic mass is 35.5. The van der Waals surface area contributed by atoms with Crippen LogP contribution in [0.3, 0.4) is 0 Å². The fourth-order valence-electron chi connectivity index (χ4n) is 3.41. The van der Waals surface area contributed by atoms with E-state index in [1.165, 1.54) is 17.6 Å². The first-order valence-corrected chi connectivity index (χ1v) is 11.0. The van der Waals surface area contributed by atoms with E-state index in [1.54, 1.807) is 47.4 Å². The predicted octanol–water partition coefficient (Wildman–Crippen LogP) is 4.28. The van der Waals surface area contributed by atoms with Gasteiger partial charge in [-0.05, 0) is 54.6 Å². The highest BCUT2D eigenvalue weighted by molar-refractivity contribution is 7.12. The number of thiophene rings is 1. The van der Waals surface area contributed by atoms with Crippen LogP contribution >= 0.6 is 22.9 Å². The first-order chi connectivity index (χ1) is 15.0. The fourth-order valence-corrected chi connectivity index (χ4v) is 4.19. The summed E-state index contributed by atoms with van der Waals surface area (Å²) in [6.45, 7) is 1.07. The van der Waals surface area contributed by atoms with Crippen molar-refractivity contribution in [3.63, 3.8) is 0 Å². The molecule has 31 heavy (non-hydrogen) atoms. The molecule has 3 aromatic rings. The fraction of sp³-hybridized carbons (Fsp3) is 0.227. The molecular weight excluding hydrogens is 438 g/mol. The Labute approximate surface area is 188 Å². The monoisotopic (exact) mass is 457 g/mol. The molecule has 1 fully saturated rings. The van der Waals surface area contributed by atoms with E-state index in [2.05, 4.69) is 10.6 Å². The van der Waals surface area contributed by atoms with Gasteiger partial charge in [-0.2, -0.15) is 0 Å². The van der Waals surface area contributed by atoms with E-state index in [-0.39, 0.29) is 23.8 Å². The summed E-state index contributed by atoms with van der Waals surface area (Å²) in [4.78, 5) is 39.7. The highest BCUT2D eigenvalue weighted by Crippen LogP contribution is 2.25. The van der Waals surface area contributed by atoms with Crippen LogP contribution in [-0.4, -0.2) is 41.8 Å². The van der Waals surface area contributed by atoms with Crippen LogP contribution in [0.1, 0.15) is 43.4 Å². The maximum Gasteiger partial charge on any atom is 0.289 e. The van der Waals surface area contributed by atoms with Gasteiger partial charge in [-0.1, -0.05) is 17.7 Å². The Morgan fingerprint density at radius 1 is 1.06 bits per heavy atom. The van der Waals surface area contributed by atoms with Crippen LogP contribution in [0.15, 0.2) is 58.5 Å². The zero-order valence-electron chi connectivity index (χ0n) is 16.5. The number of carbonyl (C=O) groups is 3. The van der Waals surface area contributed by atoms with E-state index >= 15 is 0 Å². The molecule has 3 heterocycles. The van der Waals surface area contributed by atoms with Gasteiger partial charge in [-0.15, -0.1) is 11.3 Å². The summed E-state index contributed by atoms with van der Waals surface area (Å²) < 4.78 is 5.17. The summed E-state index contributed by atoms with van der Waals surface area (Å²) in [6, 6.07) is 11.6. The van der Waals surface area contributed by atoms with Gasteiger partial charge in [-0.3, -0.25) is 14.4 Å². The number of amides is 3. The van der Waals surface area contributed by atoms with Crippen molar-refractivity contribution in [3.8, 4) is 0 Å². The average Bonchev–Trinajstić information content (AvgIpc) is 3.50. The number of piperidine rings is 1. The van der Waals surface area contributed by atoms with Crippen LogP contribution in [0.25, 0.3) is 0 Å². The van der Waals surface area contributed by atoms with Crippen molar-refractivity contribution in [2.24, 2.45) is 0 Å². The average molecular weight is 458 g/mol. The van der Waals surface area contributed by atoms with E-state index in [4.69, 9.17) is 16.0 Å². The molecule has 9 heteroatoms. The molecule has 0 atom stereocenters. The lowest BCUT2D eigenvalue weighted by atomic mass is 10.0. The SMILES string of the molecule is O=C(NC1CCN(C(=O)c2ccco2)CC1)c1ccc(Cl)c(NC(=O)c2cccs2)c1. The molecule has 0 spiro atoms. The molecule has 7 nitrogen and oxygen atoms in total. The van der Waals surface area contributed by atoms with Gasteiger partial charge in [-0.25, -0.2) is 0 Å². The number of carbonyl (C=O) groups excluding carboxylic acids is 3. The highest BCUT2D eigenvalue weighted by Gasteiger charge is 2.26. The third-order valence-corrected chi connectivity index (χ3v) is 6.27. The Morgan fingerprint density at radius 3 is 2.55 bits per heavy atom. The lowest BCUT2D eigenvalue weighted by molar-refractivity contribution is 0.0667. The lowest BCUT2D eigenvalue weighted by Gasteiger charge is -2.31. The quantitative estimate of drug-likeness (QED) is 0.598. The van der Waals surface area contributed by atoms with Gasteiger partial charge in [0.25, 0.3) is 17.7 Å². The summed E-state index contributed by atoms with van der Waals surface area (Å²) in [6.07, 6.45) is 2.77. The van der Waals surface area contributed by atoms with E-state index in [1.807, 2.05) is 5.38 Å². The normalized spacial score (nSPS) is 14.3. The van der Waals surface area contributed by atoms with Crippen LogP contribution in [0.2, 0.25) is 5.02 Å². The van der Waals surface area contributed by atoms with E-state index in [9.17, 15) is 14.4 Å².